The van der Waals surface area contributed by atoms with Crippen LogP contribution in [0.25, 0.3) is 32.8 Å². The van der Waals surface area contributed by atoms with Gasteiger partial charge in [0, 0.05) is 33.4 Å². The number of imidazole rings is 2. The molecule has 2 unspecified atom stereocenters. The fourth-order valence-electron chi connectivity index (χ4n) is 7.80. The van der Waals surface area contributed by atoms with Crippen molar-refractivity contribution in [2.75, 3.05) is 37.0 Å². The lowest BCUT2D eigenvalue weighted by Crippen LogP contribution is -2.49. The molecule has 390 valence electrons. The number of carbonyl (C=O) groups is 2. The van der Waals surface area contributed by atoms with E-state index >= 15 is 4.57 Å². The molecule has 0 aliphatic carbocycles. The third-order valence-electron chi connectivity index (χ3n) is 12.5. The second-order valence-electron chi connectivity index (χ2n) is 18.7. The highest BCUT2D eigenvalue weighted by molar-refractivity contribution is 7.48. The number of hydrogen-bond acceptors (Lipinski definition) is 20. The van der Waals surface area contributed by atoms with Crippen molar-refractivity contribution in [3.05, 3.63) is 75.7 Å². The highest BCUT2D eigenvalue weighted by Crippen LogP contribution is 2.56. The normalized spacial score (nSPS) is 23.3. The molecule has 2 aliphatic heterocycles. The Balaban J connectivity index is 1.24. The van der Waals surface area contributed by atoms with Crippen LogP contribution >= 0.6 is 16.1 Å². The smallest absolute Gasteiger partial charge is 0.407 e. The van der Waals surface area contributed by atoms with E-state index in [1.165, 1.54) is 28.1 Å². The number of azide groups is 1. The zero-order chi connectivity index (χ0) is 52.8. The van der Waals surface area contributed by atoms with Gasteiger partial charge in [-0.3, -0.25) is 47.4 Å². The van der Waals surface area contributed by atoms with Gasteiger partial charge in [0.2, 0.25) is 11.9 Å². The van der Waals surface area contributed by atoms with Crippen LogP contribution < -0.4 is 16.2 Å². The fraction of sp³-hybridized carbons (Fsp3) is 0.548. The highest BCUT2D eigenvalue weighted by atomic mass is 31.2. The molecule has 7 rings (SSSR count). The number of hydrogen-bond donors (Lipinski definition) is 5. The summed E-state index contributed by atoms with van der Waals surface area (Å²) in [5.74, 6) is -2.53. The van der Waals surface area contributed by atoms with Gasteiger partial charge in [-0.25, -0.2) is 24.5 Å². The maximum absolute atomic E-state index is 15.2. The third kappa shape index (κ3) is 12.4. The first kappa shape index (κ1) is 54.8. The SMILES string of the molecule is CC(C)C(=O)Nc1nc2c(ncn2[C@@H]2O[C@H](COP(=O)(OCCC#N)O[C@H]3[C@@H](O[Si](C)(C)C(C)(C)C)[C@H](n4cnc5c(NC(=O)c6ccccc6)ncnc54)O[C@@H]3CO)[C@@H](CCN=[N+]=[N-])[C@H]2O[P+](=O)O)c(=O)[nH]1. The van der Waals surface area contributed by atoms with Crippen LogP contribution in [0, 0.1) is 23.2 Å². The van der Waals surface area contributed by atoms with Gasteiger partial charge in [0.15, 0.2) is 55.0 Å². The molecular formula is C42H55N14O14P2Si+. The Bertz CT molecular complexity index is 3010. The molecule has 2 amide bonds. The number of amides is 2. The number of aliphatic hydroxyl groups is 1. The molecule has 31 heteroatoms. The van der Waals surface area contributed by atoms with Gasteiger partial charge in [-0.05, 0) is 42.2 Å². The molecule has 28 nitrogen and oxygen atoms in total. The number of aromatic amines is 1. The molecule has 1 aromatic carbocycles. The number of phosphoric ester groups is 1. The first-order chi connectivity index (χ1) is 34.7. The molecule has 6 heterocycles. The molecule has 4 aromatic heterocycles. The van der Waals surface area contributed by atoms with Crippen molar-refractivity contribution in [2.45, 2.75) is 109 Å². The lowest BCUT2D eigenvalue weighted by molar-refractivity contribution is -0.118. The number of H-pyrrole nitrogens is 1. The number of aromatic nitrogens is 8. The number of nitrogens with zero attached hydrogens (tertiary/aromatic N) is 11. The number of benzene rings is 1. The van der Waals surface area contributed by atoms with Gasteiger partial charge < -0.3 is 24.3 Å². The Morgan fingerprint density at radius 2 is 1.71 bits per heavy atom. The standard InChI is InChI=1S/C42H54N14O14P2Si/c1-23(2)36(58)52-41-51-35-29(38(60)53-41)48-22-56(35)39-30(68-71(61)62)25(14-16-49-54-44)27(67-39)19-65-72(63,64-17-11-15-43)69-31-26(18-57)66-40(32(31)70-73(6,7)42(3,4)5)55-21-47-28-33(45-20-46-34(28)55)50-37(59)24-12-9-8-10-13-24/h8-10,12-13,20-23,25-27,30-32,39-40,57H,11,14,16-19H2,1-7H3,(H3-,45,46,50,51,52,53,58,59,60,61,62)/p+1/t25-,26-,27-,30-,31-,32-,39-,40-,72?/m1/s1. The average Bonchev–Trinajstić information content (AvgIpc) is 4.12. The summed E-state index contributed by atoms with van der Waals surface area (Å²) in [6.07, 6.45) is -5.69. The van der Waals surface area contributed by atoms with E-state index in [2.05, 4.69) is 50.6 Å². The van der Waals surface area contributed by atoms with Crippen molar-refractivity contribution in [3.63, 3.8) is 0 Å². The van der Waals surface area contributed by atoms with Gasteiger partial charge in [0.05, 0.1) is 51.1 Å². The number of carbonyl (C=O) groups excluding carboxylic acids is 2. The number of anilines is 2. The molecule has 0 bridgehead atoms. The predicted octanol–water partition coefficient (Wildman–Crippen LogP) is 5.78. The summed E-state index contributed by atoms with van der Waals surface area (Å²) in [5, 5.41) is 28.9. The summed E-state index contributed by atoms with van der Waals surface area (Å²) in [4.78, 5) is 76.1. The fourth-order valence-corrected chi connectivity index (χ4v) is 10.9. The second kappa shape index (κ2) is 23.1. The Kier molecular flexibility index (Phi) is 17.3. The topological polar surface area (TPSA) is 377 Å². The number of rotatable bonds is 22. The minimum Gasteiger partial charge on any atom is -0.407 e. The zero-order valence-corrected chi connectivity index (χ0v) is 43.5. The molecular weight excluding hydrogens is 1010 g/mol. The Labute approximate surface area is 418 Å². The molecule has 10 atom stereocenters. The largest absolute Gasteiger partial charge is 0.695 e. The summed E-state index contributed by atoms with van der Waals surface area (Å²) >= 11 is 0. The first-order valence-electron chi connectivity index (χ1n) is 22.9. The maximum atomic E-state index is 15.2. The van der Waals surface area contributed by atoms with Crippen LogP contribution in [0.3, 0.4) is 0 Å². The van der Waals surface area contributed by atoms with Gasteiger partial charge in [0.25, 0.3) is 11.5 Å². The highest BCUT2D eigenvalue weighted by Gasteiger charge is 2.56. The van der Waals surface area contributed by atoms with Crippen LogP contribution in [0.5, 0.6) is 0 Å². The zero-order valence-electron chi connectivity index (χ0n) is 40.7. The minimum absolute atomic E-state index is 0.0631. The van der Waals surface area contributed by atoms with E-state index in [1.54, 1.807) is 44.2 Å². The molecule has 2 saturated heterocycles. The second-order valence-corrected chi connectivity index (χ2v) is 25.7. The van der Waals surface area contributed by atoms with Gasteiger partial charge >= 0.3 is 16.1 Å². The van der Waals surface area contributed by atoms with E-state index in [0.717, 1.165) is 0 Å². The number of ether oxygens (including phenoxy) is 2. The quantitative estimate of drug-likeness (QED) is 0.0137. The van der Waals surface area contributed by atoms with E-state index in [-0.39, 0.29) is 53.5 Å². The van der Waals surface area contributed by atoms with Crippen LogP contribution in [0.1, 0.15) is 70.3 Å². The average molecular weight is 1070 g/mol. The van der Waals surface area contributed by atoms with E-state index in [9.17, 15) is 39.7 Å². The van der Waals surface area contributed by atoms with Crippen molar-refractivity contribution in [1.82, 2.24) is 39.0 Å². The molecule has 73 heavy (non-hydrogen) atoms. The monoisotopic (exact) mass is 1070 g/mol. The Hall–Kier alpha value is -5.95. The summed E-state index contributed by atoms with van der Waals surface area (Å²) < 4.78 is 74.0. The third-order valence-corrected chi connectivity index (χ3v) is 18.9. The Morgan fingerprint density at radius 3 is 2.37 bits per heavy atom. The summed E-state index contributed by atoms with van der Waals surface area (Å²) in [5.41, 5.74) is 8.87. The minimum atomic E-state index is -4.94. The lowest BCUT2D eigenvalue weighted by Gasteiger charge is -2.40. The van der Waals surface area contributed by atoms with E-state index in [0.29, 0.717) is 5.56 Å². The van der Waals surface area contributed by atoms with Gasteiger partial charge in [0.1, 0.15) is 24.6 Å². The van der Waals surface area contributed by atoms with E-state index < -0.39 is 121 Å². The predicted molar refractivity (Wildman–Crippen MR) is 260 cm³/mol. The molecule has 0 spiro atoms. The number of phosphoric acid groups is 1. The molecule has 0 saturated carbocycles. The van der Waals surface area contributed by atoms with E-state index in [4.69, 9.17) is 32.0 Å². The van der Waals surface area contributed by atoms with Gasteiger partial charge in [-0.15, -0.1) is 9.42 Å². The lowest BCUT2D eigenvalue weighted by atomic mass is 9.94. The van der Waals surface area contributed by atoms with Crippen molar-refractivity contribution >= 4 is 70.3 Å². The van der Waals surface area contributed by atoms with Gasteiger partial charge in [-0.1, -0.05) is 57.9 Å². The number of aliphatic hydroxyl groups excluding tert-OH is 1. The Morgan fingerprint density at radius 1 is 1.03 bits per heavy atom. The van der Waals surface area contributed by atoms with Crippen LogP contribution in [0.2, 0.25) is 18.1 Å². The number of nitriles is 1. The maximum Gasteiger partial charge on any atom is 0.695 e. The van der Waals surface area contributed by atoms with Gasteiger partial charge in [-0.2, -0.15) is 10.2 Å². The van der Waals surface area contributed by atoms with E-state index in [1.807, 2.05) is 39.9 Å². The molecule has 2 aliphatic rings. The van der Waals surface area contributed by atoms with Crippen molar-refractivity contribution in [2.24, 2.45) is 17.0 Å². The molecule has 2 fully saturated rings. The van der Waals surface area contributed by atoms with Crippen LogP contribution in [0.15, 0.2) is 59.2 Å². The van der Waals surface area contributed by atoms with Crippen LogP contribution in [-0.4, -0.2) is 126 Å². The molecule has 0 radical (unpaired) electrons. The number of fused-ring (bicyclic) bond motifs is 2. The van der Waals surface area contributed by atoms with Crippen LogP contribution in [0.4, 0.5) is 11.8 Å². The molecule has 5 N–H and O–H groups in total. The first-order valence-corrected chi connectivity index (χ1v) is 28.4. The summed E-state index contributed by atoms with van der Waals surface area (Å²) in [6.45, 7) is 11.1. The van der Waals surface area contributed by atoms with Crippen molar-refractivity contribution in [1.29, 1.82) is 5.26 Å². The summed E-state index contributed by atoms with van der Waals surface area (Å²) in [7, 11) is -11.2. The van der Waals surface area contributed by atoms with Crippen molar-refractivity contribution < 1.29 is 60.7 Å². The van der Waals surface area contributed by atoms with Crippen LogP contribution in [-0.2, 0) is 45.9 Å². The van der Waals surface area contributed by atoms with Crippen molar-refractivity contribution in [3.8, 4) is 6.07 Å². The molecule has 5 aromatic rings. The summed E-state index contributed by atoms with van der Waals surface area (Å²) in [6, 6.07) is 10.4. The number of nitrogens with one attached hydrogen (secondary N) is 3.